The number of amides is 1. The quantitative estimate of drug-likeness (QED) is 0.630. The van der Waals surface area contributed by atoms with Crippen LogP contribution in [0.25, 0.3) is 5.52 Å². The summed E-state index contributed by atoms with van der Waals surface area (Å²) in [5, 5.41) is 7.02. The number of aromatic nitrogens is 2. The normalized spacial score (nSPS) is 12.8. The number of fused-ring (bicyclic) bond motifs is 1. The van der Waals surface area contributed by atoms with E-state index in [1.54, 1.807) is 38.4 Å². The van der Waals surface area contributed by atoms with Crippen molar-refractivity contribution in [1.29, 1.82) is 0 Å². The summed E-state index contributed by atoms with van der Waals surface area (Å²) in [5.74, 6) is -1.75. The zero-order valence-corrected chi connectivity index (χ0v) is 17.0. The molecule has 1 aromatic carbocycles. The average Bonchev–Trinajstić information content (AvgIpc) is 3.06. The summed E-state index contributed by atoms with van der Waals surface area (Å²) in [6, 6.07) is 8.01. The minimum absolute atomic E-state index is 0.0281. The number of benzene rings is 1. The van der Waals surface area contributed by atoms with E-state index in [9.17, 15) is 13.6 Å². The van der Waals surface area contributed by atoms with Gasteiger partial charge in [0.15, 0.2) is 0 Å². The predicted molar refractivity (Wildman–Crippen MR) is 107 cm³/mol. The Morgan fingerprint density at radius 3 is 2.59 bits per heavy atom. The number of hydrogen-bond donors (Lipinski definition) is 1. The largest absolute Gasteiger partial charge is 0.492 e. The van der Waals surface area contributed by atoms with Crippen LogP contribution >= 0.6 is 0 Å². The van der Waals surface area contributed by atoms with Crippen molar-refractivity contribution >= 4 is 11.4 Å². The highest BCUT2D eigenvalue weighted by Gasteiger charge is 2.24. The van der Waals surface area contributed by atoms with Gasteiger partial charge < -0.3 is 10.1 Å². The second-order valence-electron chi connectivity index (χ2n) is 8.00. The third kappa shape index (κ3) is 4.55. The Morgan fingerprint density at radius 2 is 1.93 bits per heavy atom. The molecule has 0 radical (unpaired) electrons. The number of pyridine rings is 1. The Hall–Kier alpha value is -2.96. The van der Waals surface area contributed by atoms with E-state index in [1.165, 1.54) is 12.1 Å². The molecule has 3 aromatic rings. The SMILES string of the molecule is CC(C(=O)NCCOc1cc(F)c(C(C)(C)C)c(F)c1)c1cnn2ccccc12. The van der Waals surface area contributed by atoms with Gasteiger partial charge in [0.05, 0.1) is 24.2 Å². The molecule has 7 heteroatoms. The van der Waals surface area contributed by atoms with Gasteiger partial charge in [0.25, 0.3) is 0 Å². The molecule has 0 spiro atoms. The topological polar surface area (TPSA) is 55.6 Å². The van der Waals surface area contributed by atoms with Crippen molar-refractivity contribution in [2.24, 2.45) is 0 Å². The highest BCUT2D eigenvalue weighted by Crippen LogP contribution is 2.30. The number of halogens is 2. The molecule has 0 aliphatic heterocycles. The molecule has 0 fully saturated rings. The van der Waals surface area contributed by atoms with E-state index in [1.807, 2.05) is 24.4 Å². The summed E-state index contributed by atoms with van der Waals surface area (Å²) in [5.41, 5.74) is 1.08. The summed E-state index contributed by atoms with van der Waals surface area (Å²) in [6.07, 6.45) is 3.50. The van der Waals surface area contributed by atoms with Gasteiger partial charge in [-0.05, 0) is 24.5 Å². The summed E-state index contributed by atoms with van der Waals surface area (Å²) >= 11 is 0. The second kappa shape index (κ2) is 8.19. The second-order valence-corrected chi connectivity index (χ2v) is 8.00. The van der Waals surface area contributed by atoms with E-state index >= 15 is 0 Å². The van der Waals surface area contributed by atoms with Gasteiger partial charge in [0.2, 0.25) is 5.91 Å². The maximum Gasteiger partial charge on any atom is 0.227 e. The van der Waals surface area contributed by atoms with Gasteiger partial charge in [-0.25, -0.2) is 13.3 Å². The molecule has 1 N–H and O–H groups in total. The Morgan fingerprint density at radius 1 is 1.24 bits per heavy atom. The molecule has 0 aliphatic rings. The van der Waals surface area contributed by atoms with Crippen LogP contribution in [0.3, 0.4) is 0 Å². The number of carbonyl (C=O) groups is 1. The van der Waals surface area contributed by atoms with Crippen molar-refractivity contribution in [2.75, 3.05) is 13.2 Å². The first kappa shape index (κ1) is 20.8. The summed E-state index contributed by atoms with van der Waals surface area (Å²) < 4.78 is 35.6. The first-order valence-corrected chi connectivity index (χ1v) is 9.51. The van der Waals surface area contributed by atoms with Crippen molar-refractivity contribution in [1.82, 2.24) is 14.9 Å². The maximum atomic E-state index is 14.2. The third-order valence-corrected chi connectivity index (χ3v) is 4.75. The predicted octanol–water partition coefficient (Wildman–Crippen LogP) is 4.21. The van der Waals surface area contributed by atoms with Gasteiger partial charge in [-0.1, -0.05) is 26.8 Å². The fourth-order valence-electron chi connectivity index (χ4n) is 3.28. The lowest BCUT2D eigenvalue weighted by Crippen LogP contribution is -2.31. The molecule has 0 aliphatic carbocycles. The number of hydrogen-bond acceptors (Lipinski definition) is 3. The molecule has 1 unspecified atom stereocenters. The first-order valence-electron chi connectivity index (χ1n) is 9.51. The van der Waals surface area contributed by atoms with Crippen LogP contribution in [0.4, 0.5) is 8.78 Å². The van der Waals surface area contributed by atoms with Gasteiger partial charge >= 0.3 is 0 Å². The first-order chi connectivity index (χ1) is 13.7. The van der Waals surface area contributed by atoms with Crippen molar-refractivity contribution in [2.45, 2.75) is 39.0 Å². The standard InChI is InChI=1S/C22H25F2N3O2/c1-14(16-13-26-27-9-6-5-7-19(16)27)21(28)25-8-10-29-15-11-17(23)20(18(24)12-15)22(2,3)4/h5-7,9,11-14H,8,10H2,1-4H3,(H,25,28). The number of rotatable bonds is 6. The van der Waals surface area contributed by atoms with Crippen LogP contribution in [0.15, 0.2) is 42.7 Å². The van der Waals surface area contributed by atoms with Crippen LogP contribution in [0.1, 0.15) is 44.7 Å². The Kier molecular flexibility index (Phi) is 5.86. The van der Waals surface area contributed by atoms with E-state index in [2.05, 4.69) is 10.4 Å². The highest BCUT2D eigenvalue weighted by molar-refractivity contribution is 5.85. The Labute approximate surface area is 168 Å². The molecule has 0 bridgehead atoms. The highest BCUT2D eigenvalue weighted by atomic mass is 19.1. The minimum Gasteiger partial charge on any atom is -0.492 e. The van der Waals surface area contributed by atoms with Crippen molar-refractivity contribution in [3.05, 3.63) is 65.5 Å². The van der Waals surface area contributed by atoms with E-state index in [4.69, 9.17) is 4.74 Å². The molecule has 3 rings (SSSR count). The summed E-state index contributed by atoms with van der Waals surface area (Å²) in [7, 11) is 0. The minimum atomic E-state index is -0.644. The maximum absolute atomic E-state index is 14.2. The number of carbonyl (C=O) groups excluding carboxylic acids is 1. The zero-order valence-electron chi connectivity index (χ0n) is 17.0. The number of ether oxygens (including phenoxy) is 1. The van der Waals surface area contributed by atoms with Gasteiger partial charge in [-0.3, -0.25) is 4.79 Å². The van der Waals surface area contributed by atoms with Crippen LogP contribution in [0.2, 0.25) is 0 Å². The number of nitrogens with zero attached hydrogens (tertiary/aromatic N) is 2. The average molecular weight is 401 g/mol. The molecule has 2 heterocycles. The van der Waals surface area contributed by atoms with E-state index in [-0.39, 0.29) is 30.4 Å². The Balaban J connectivity index is 1.56. The monoisotopic (exact) mass is 401 g/mol. The molecule has 154 valence electrons. The van der Waals surface area contributed by atoms with Crippen LogP contribution < -0.4 is 10.1 Å². The van der Waals surface area contributed by atoms with Crippen LogP contribution in [0, 0.1) is 11.6 Å². The smallest absolute Gasteiger partial charge is 0.227 e. The lowest BCUT2D eigenvalue weighted by Gasteiger charge is -2.21. The van der Waals surface area contributed by atoms with Gasteiger partial charge in [-0.2, -0.15) is 5.10 Å². The van der Waals surface area contributed by atoms with Gasteiger partial charge in [-0.15, -0.1) is 0 Å². The fraction of sp³-hybridized carbons (Fsp3) is 0.364. The lowest BCUT2D eigenvalue weighted by atomic mass is 9.86. The van der Waals surface area contributed by atoms with Crippen molar-refractivity contribution in [3.63, 3.8) is 0 Å². The van der Waals surface area contributed by atoms with Gasteiger partial charge in [0.1, 0.15) is 24.0 Å². The summed E-state index contributed by atoms with van der Waals surface area (Å²) in [6.45, 7) is 7.35. The van der Waals surface area contributed by atoms with Crippen LogP contribution in [-0.4, -0.2) is 28.7 Å². The Bertz CT molecular complexity index is 1000. The van der Waals surface area contributed by atoms with Crippen LogP contribution in [0.5, 0.6) is 5.75 Å². The van der Waals surface area contributed by atoms with E-state index < -0.39 is 23.0 Å². The summed E-state index contributed by atoms with van der Waals surface area (Å²) in [4.78, 5) is 12.4. The number of nitrogens with one attached hydrogen (secondary N) is 1. The zero-order chi connectivity index (χ0) is 21.2. The van der Waals surface area contributed by atoms with Crippen LogP contribution in [-0.2, 0) is 10.2 Å². The van der Waals surface area contributed by atoms with E-state index in [0.29, 0.717) is 0 Å². The molecule has 2 aromatic heterocycles. The molecule has 29 heavy (non-hydrogen) atoms. The molecule has 5 nitrogen and oxygen atoms in total. The molecule has 1 atom stereocenters. The lowest BCUT2D eigenvalue weighted by molar-refractivity contribution is -0.122. The molecule has 0 saturated heterocycles. The van der Waals surface area contributed by atoms with Gasteiger partial charge in [0, 0.05) is 29.5 Å². The fourth-order valence-corrected chi connectivity index (χ4v) is 3.28. The van der Waals surface area contributed by atoms with E-state index in [0.717, 1.165) is 11.1 Å². The molecular weight excluding hydrogens is 376 g/mol. The molecule has 1 amide bonds. The molecule has 0 saturated carbocycles. The third-order valence-electron chi connectivity index (χ3n) is 4.75. The van der Waals surface area contributed by atoms with Crippen molar-refractivity contribution < 1.29 is 18.3 Å². The molecular formula is C22H25F2N3O2. The van der Waals surface area contributed by atoms with Crippen molar-refractivity contribution in [3.8, 4) is 5.75 Å².